The summed E-state index contributed by atoms with van der Waals surface area (Å²) in [7, 11) is 0. The van der Waals surface area contributed by atoms with Crippen molar-refractivity contribution in [3.63, 3.8) is 0 Å². The highest BCUT2D eigenvalue weighted by Gasteiger charge is 2.10. The number of fused-ring (bicyclic) bond motifs is 1. The van der Waals surface area contributed by atoms with Crippen LogP contribution in [0.1, 0.15) is 5.56 Å². The fourth-order valence-electron chi connectivity index (χ4n) is 1.63. The summed E-state index contributed by atoms with van der Waals surface area (Å²) in [6, 6.07) is 3.24. The molecule has 0 aliphatic rings. The number of hydrogen-bond donors (Lipinski definition) is 2. The van der Waals surface area contributed by atoms with E-state index in [4.69, 9.17) is 15.3 Å². The van der Waals surface area contributed by atoms with Crippen LogP contribution in [-0.4, -0.2) is 17.8 Å². The van der Waals surface area contributed by atoms with Gasteiger partial charge in [-0.05, 0) is 24.6 Å². The van der Waals surface area contributed by atoms with Gasteiger partial charge in [-0.1, -0.05) is 0 Å². The molecule has 6 heteroatoms. The quantitative estimate of drug-likeness (QED) is 0.881. The van der Waals surface area contributed by atoms with E-state index >= 15 is 0 Å². The van der Waals surface area contributed by atoms with Gasteiger partial charge in [-0.2, -0.15) is 0 Å². The van der Waals surface area contributed by atoms with Crippen molar-refractivity contribution in [1.29, 1.82) is 0 Å². The van der Waals surface area contributed by atoms with Gasteiger partial charge in [0.1, 0.15) is 11.4 Å². The average molecular weight is 274 g/mol. The third-order valence-electron chi connectivity index (χ3n) is 2.52. The number of benzene rings is 1. The van der Waals surface area contributed by atoms with Gasteiger partial charge < -0.3 is 15.3 Å². The number of halogens is 2. The minimum Gasteiger partial charge on any atom is -0.464 e. The highest BCUT2D eigenvalue weighted by atomic mass is 35.5. The largest absolute Gasteiger partial charge is 0.464 e. The van der Waals surface area contributed by atoms with Crippen LogP contribution in [0.25, 0.3) is 11.0 Å². The van der Waals surface area contributed by atoms with E-state index in [0.29, 0.717) is 11.1 Å². The van der Waals surface area contributed by atoms with Crippen LogP contribution in [-0.2, 0) is 6.42 Å². The number of aliphatic hydroxyl groups is 1. The first-order valence-electron chi connectivity index (χ1n) is 5.18. The molecule has 0 saturated carbocycles. The molecule has 2 aromatic rings. The minimum atomic E-state index is -0.524. The van der Waals surface area contributed by atoms with Crippen molar-refractivity contribution in [1.82, 2.24) is 0 Å². The van der Waals surface area contributed by atoms with E-state index in [1.165, 1.54) is 18.4 Å². The van der Waals surface area contributed by atoms with Crippen molar-refractivity contribution in [2.24, 2.45) is 5.73 Å². The molecule has 1 aromatic carbocycles. The third kappa shape index (κ3) is 2.87. The van der Waals surface area contributed by atoms with E-state index < -0.39 is 11.9 Å². The molecule has 3 N–H and O–H groups in total. The van der Waals surface area contributed by atoms with Gasteiger partial charge in [-0.25, -0.2) is 4.39 Å². The summed E-state index contributed by atoms with van der Waals surface area (Å²) >= 11 is 0. The van der Waals surface area contributed by atoms with Gasteiger partial charge in [0, 0.05) is 11.6 Å². The van der Waals surface area contributed by atoms with E-state index in [-0.39, 0.29) is 36.2 Å². The van der Waals surface area contributed by atoms with Crippen LogP contribution in [0.4, 0.5) is 4.39 Å². The van der Waals surface area contributed by atoms with E-state index in [1.807, 2.05) is 0 Å². The Bertz CT molecular complexity index is 599. The van der Waals surface area contributed by atoms with Gasteiger partial charge >= 0.3 is 0 Å². The molecule has 0 saturated heterocycles. The molecular formula is C12H13ClFNO3. The van der Waals surface area contributed by atoms with Gasteiger partial charge in [-0.15, -0.1) is 12.4 Å². The standard InChI is InChI=1S/C12H12FNO3.ClH/c13-8-1-2-11-10(4-8)12(16)7(6-17-11)3-9(14)5-15;/h1-2,4,6,9,15H,3,5,14H2;1H. The van der Waals surface area contributed by atoms with Crippen molar-refractivity contribution in [2.75, 3.05) is 6.61 Å². The van der Waals surface area contributed by atoms with Crippen molar-refractivity contribution in [3.8, 4) is 0 Å². The number of rotatable bonds is 3. The van der Waals surface area contributed by atoms with Crippen LogP contribution in [0.15, 0.2) is 33.7 Å². The summed E-state index contributed by atoms with van der Waals surface area (Å²) in [6.45, 7) is -0.222. The highest BCUT2D eigenvalue weighted by Crippen LogP contribution is 2.13. The van der Waals surface area contributed by atoms with Crippen molar-refractivity contribution in [3.05, 3.63) is 46.1 Å². The van der Waals surface area contributed by atoms with E-state index in [9.17, 15) is 9.18 Å². The molecule has 98 valence electrons. The number of hydrogen-bond acceptors (Lipinski definition) is 4. The molecule has 18 heavy (non-hydrogen) atoms. The van der Waals surface area contributed by atoms with Crippen LogP contribution in [0.3, 0.4) is 0 Å². The Labute approximate surface area is 109 Å². The number of aliphatic hydroxyl groups excluding tert-OH is 1. The van der Waals surface area contributed by atoms with Crippen LogP contribution < -0.4 is 11.2 Å². The molecule has 0 radical (unpaired) electrons. The molecule has 1 unspecified atom stereocenters. The summed E-state index contributed by atoms with van der Waals surface area (Å²) in [5.41, 5.74) is 5.90. The Morgan fingerprint density at radius 3 is 2.83 bits per heavy atom. The van der Waals surface area contributed by atoms with Crippen LogP contribution in [0.2, 0.25) is 0 Å². The molecule has 0 spiro atoms. The molecule has 1 heterocycles. The summed E-state index contributed by atoms with van der Waals surface area (Å²) in [4.78, 5) is 12.0. The SMILES string of the molecule is Cl.NC(CO)Cc1coc2ccc(F)cc2c1=O. The molecule has 0 amide bonds. The molecule has 0 aliphatic heterocycles. The first kappa shape index (κ1) is 14.6. The summed E-state index contributed by atoms with van der Waals surface area (Å²) < 4.78 is 18.3. The fourth-order valence-corrected chi connectivity index (χ4v) is 1.63. The molecular weight excluding hydrogens is 261 g/mol. The van der Waals surface area contributed by atoms with E-state index in [1.54, 1.807) is 0 Å². The van der Waals surface area contributed by atoms with Crippen molar-refractivity contribution in [2.45, 2.75) is 12.5 Å². The van der Waals surface area contributed by atoms with Gasteiger partial charge in [0.15, 0.2) is 5.43 Å². The van der Waals surface area contributed by atoms with Crippen LogP contribution >= 0.6 is 12.4 Å². The predicted octanol–water partition coefficient (Wildman–Crippen LogP) is 1.22. The normalized spacial score (nSPS) is 12.2. The first-order chi connectivity index (χ1) is 8.11. The van der Waals surface area contributed by atoms with E-state index in [2.05, 4.69) is 0 Å². The second-order valence-electron chi connectivity index (χ2n) is 3.88. The second-order valence-corrected chi connectivity index (χ2v) is 3.88. The minimum absolute atomic E-state index is 0. The smallest absolute Gasteiger partial charge is 0.196 e. The number of nitrogens with two attached hydrogens (primary N) is 1. The summed E-state index contributed by atoms with van der Waals surface area (Å²) in [5.74, 6) is -0.492. The second kappa shape index (κ2) is 5.95. The third-order valence-corrected chi connectivity index (χ3v) is 2.52. The Morgan fingerprint density at radius 1 is 1.44 bits per heavy atom. The molecule has 2 rings (SSSR count). The average Bonchev–Trinajstić information content (AvgIpc) is 2.33. The van der Waals surface area contributed by atoms with Gasteiger partial charge in [0.25, 0.3) is 0 Å². The molecule has 0 bridgehead atoms. The Balaban J connectivity index is 0.00000162. The first-order valence-corrected chi connectivity index (χ1v) is 5.18. The lowest BCUT2D eigenvalue weighted by atomic mass is 10.1. The Morgan fingerprint density at radius 2 is 2.17 bits per heavy atom. The molecule has 0 fully saturated rings. The molecule has 1 aromatic heterocycles. The zero-order chi connectivity index (χ0) is 12.4. The zero-order valence-corrected chi connectivity index (χ0v) is 10.2. The maximum Gasteiger partial charge on any atom is 0.196 e. The van der Waals surface area contributed by atoms with E-state index in [0.717, 1.165) is 6.07 Å². The Kier molecular flexibility index (Phi) is 4.84. The monoisotopic (exact) mass is 273 g/mol. The van der Waals surface area contributed by atoms with Gasteiger partial charge in [0.05, 0.1) is 18.3 Å². The topological polar surface area (TPSA) is 76.5 Å². The van der Waals surface area contributed by atoms with Crippen LogP contribution in [0, 0.1) is 5.82 Å². The zero-order valence-electron chi connectivity index (χ0n) is 9.43. The summed E-state index contributed by atoms with van der Waals surface area (Å²) in [6.07, 6.45) is 1.50. The Hall–Kier alpha value is -1.43. The van der Waals surface area contributed by atoms with Gasteiger partial charge in [0.2, 0.25) is 0 Å². The fraction of sp³-hybridized carbons (Fsp3) is 0.250. The maximum absolute atomic E-state index is 13.0. The summed E-state index contributed by atoms with van der Waals surface area (Å²) in [5, 5.41) is 9.01. The maximum atomic E-state index is 13.0. The van der Waals surface area contributed by atoms with Gasteiger partial charge in [-0.3, -0.25) is 4.79 Å². The van der Waals surface area contributed by atoms with Crippen LogP contribution in [0.5, 0.6) is 0 Å². The van der Waals surface area contributed by atoms with Crippen molar-refractivity contribution < 1.29 is 13.9 Å². The van der Waals surface area contributed by atoms with Crippen molar-refractivity contribution >= 4 is 23.4 Å². The molecule has 4 nitrogen and oxygen atoms in total. The lowest BCUT2D eigenvalue weighted by Gasteiger charge is -2.07. The lowest BCUT2D eigenvalue weighted by Crippen LogP contribution is -2.29. The molecule has 1 atom stereocenters. The highest BCUT2D eigenvalue weighted by molar-refractivity contribution is 5.85. The molecule has 0 aliphatic carbocycles. The predicted molar refractivity (Wildman–Crippen MR) is 68.5 cm³/mol. The lowest BCUT2D eigenvalue weighted by molar-refractivity contribution is 0.265.